The van der Waals surface area contributed by atoms with Crippen molar-refractivity contribution in [3.63, 3.8) is 0 Å². The Bertz CT molecular complexity index is 1130. The average molecular weight is 345 g/mol. The van der Waals surface area contributed by atoms with E-state index in [0.717, 1.165) is 6.42 Å². The number of hydrogen-bond donors (Lipinski definition) is 0. The van der Waals surface area contributed by atoms with Gasteiger partial charge in [0, 0.05) is 5.41 Å². The van der Waals surface area contributed by atoms with Gasteiger partial charge in [-0.15, -0.1) is 0 Å². The summed E-state index contributed by atoms with van der Waals surface area (Å²) in [4.78, 5) is 0. The largest absolute Gasteiger partial charge is 0.149 e. The Labute approximate surface area is 161 Å². The predicted octanol–water partition coefficient (Wildman–Crippen LogP) is 6.22. The zero-order valence-corrected chi connectivity index (χ0v) is 15.9. The van der Waals surface area contributed by atoms with E-state index in [1.807, 2.05) is 0 Å². The van der Waals surface area contributed by atoms with Gasteiger partial charge >= 0.3 is 0 Å². The molecule has 0 nitrogen and oxygen atoms in total. The highest BCUT2D eigenvalue weighted by Gasteiger charge is 2.29. The fourth-order valence-electron chi connectivity index (χ4n) is 4.62. The van der Waals surface area contributed by atoms with Crippen molar-refractivity contribution in [1.82, 2.24) is 0 Å². The molecule has 129 valence electrons. The fourth-order valence-corrected chi connectivity index (χ4v) is 4.62. The maximum absolute atomic E-state index is 2.43. The van der Waals surface area contributed by atoms with Crippen molar-refractivity contribution < 1.29 is 0 Å². The van der Waals surface area contributed by atoms with Crippen LogP contribution < -0.4 is 5.46 Å². The molecule has 3 aromatic rings. The Kier molecular flexibility index (Phi) is 3.72. The lowest BCUT2D eigenvalue weighted by atomic mass is 9.67. The Hall–Kier alpha value is -2.80. The van der Waals surface area contributed by atoms with Crippen LogP contribution in [0, 0.1) is 5.41 Å². The SMILES string of the molecule is C[B]c1c2ccccc2c(C2=CCC3(C)C=CC=CC3=C2)c2ccccc12. The van der Waals surface area contributed by atoms with Gasteiger partial charge in [-0.05, 0) is 44.7 Å². The maximum Gasteiger partial charge on any atom is 0.149 e. The Morgan fingerprint density at radius 2 is 1.48 bits per heavy atom. The van der Waals surface area contributed by atoms with Gasteiger partial charge in [-0.3, -0.25) is 0 Å². The van der Waals surface area contributed by atoms with E-state index >= 15 is 0 Å². The van der Waals surface area contributed by atoms with E-state index < -0.39 is 0 Å². The standard InChI is InChI=1S/C26H22B/c1-26-15-8-7-9-19(26)17-18(14-16-26)24-20-10-3-5-12-22(20)25(27-2)23-13-6-4-11-21(23)24/h3-15,17H,16H2,1-2H3. The van der Waals surface area contributed by atoms with Crippen LogP contribution in [-0.4, -0.2) is 7.28 Å². The molecular weight excluding hydrogens is 323 g/mol. The molecule has 1 heteroatoms. The molecule has 0 bridgehead atoms. The molecule has 0 heterocycles. The predicted molar refractivity (Wildman–Crippen MR) is 120 cm³/mol. The zero-order chi connectivity index (χ0) is 18.4. The lowest BCUT2D eigenvalue weighted by Gasteiger charge is -2.32. The van der Waals surface area contributed by atoms with Gasteiger partial charge in [0.15, 0.2) is 0 Å². The second-order valence-corrected chi connectivity index (χ2v) is 7.77. The lowest BCUT2D eigenvalue weighted by Crippen LogP contribution is -2.19. The molecule has 1 radical (unpaired) electrons. The van der Waals surface area contributed by atoms with Crippen LogP contribution in [0.3, 0.4) is 0 Å². The monoisotopic (exact) mass is 345 g/mol. The molecule has 0 amide bonds. The third kappa shape index (κ3) is 2.45. The van der Waals surface area contributed by atoms with E-state index in [4.69, 9.17) is 0 Å². The van der Waals surface area contributed by atoms with E-state index in [9.17, 15) is 0 Å². The molecule has 2 aliphatic rings. The minimum atomic E-state index is 0.126. The summed E-state index contributed by atoms with van der Waals surface area (Å²) < 4.78 is 0. The van der Waals surface area contributed by atoms with Gasteiger partial charge in [0.1, 0.15) is 7.28 Å². The minimum Gasteiger partial charge on any atom is -0.0872 e. The number of rotatable bonds is 2. The molecular formula is C26H22B. The molecule has 27 heavy (non-hydrogen) atoms. The third-order valence-electron chi connectivity index (χ3n) is 6.12. The summed E-state index contributed by atoms with van der Waals surface area (Å²) in [6.45, 7) is 4.47. The normalized spacial score (nSPS) is 21.1. The summed E-state index contributed by atoms with van der Waals surface area (Å²) in [5.41, 5.74) is 5.57. The third-order valence-corrected chi connectivity index (χ3v) is 6.12. The molecule has 0 aliphatic heterocycles. The first kappa shape index (κ1) is 16.4. The second kappa shape index (κ2) is 6.13. The molecule has 3 aromatic carbocycles. The van der Waals surface area contributed by atoms with Crippen molar-refractivity contribution in [3.05, 3.63) is 96.1 Å². The summed E-state index contributed by atoms with van der Waals surface area (Å²) >= 11 is 0. The highest BCUT2D eigenvalue weighted by atomic mass is 14.3. The van der Waals surface area contributed by atoms with Crippen LogP contribution >= 0.6 is 0 Å². The number of hydrogen-bond acceptors (Lipinski definition) is 0. The first-order valence-electron chi connectivity index (χ1n) is 9.73. The van der Waals surface area contributed by atoms with E-state index in [0.29, 0.717) is 0 Å². The Balaban J connectivity index is 1.85. The van der Waals surface area contributed by atoms with Crippen LogP contribution in [0.2, 0.25) is 6.82 Å². The van der Waals surface area contributed by atoms with Crippen molar-refractivity contribution >= 4 is 39.9 Å². The summed E-state index contributed by atoms with van der Waals surface area (Å²) in [7, 11) is 2.24. The molecule has 1 atom stereocenters. The summed E-state index contributed by atoms with van der Waals surface area (Å²) in [5, 5.41) is 5.35. The Morgan fingerprint density at radius 3 is 2.11 bits per heavy atom. The van der Waals surface area contributed by atoms with Crippen LogP contribution in [0.25, 0.3) is 27.1 Å². The van der Waals surface area contributed by atoms with Gasteiger partial charge in [0.05, 0.1) is 0 Å². The van der Waals surface area contributed by atoms with E-state index in [1.165, 1.54) is 43.7 Å². The topological polar surface area (TPSA) is 0 Å². The smallest absolute Gasteiger partial charge is 0.0872 e. The average Bonchev–Trinajstić information content (AvgIpc) is 2.71. The number of benzene rings is 3. The van der Waals surface area contributed by atoms with Gasteiger partial charge in [-0.25, -0.2) is 0 Å². The highest BCUT2D eigenvalue weighted by Crippen LogP contribution is 2.44. The fraction of sp³-hybridized carbons (Fsp3) is 0.154. The molecule has 0 N–H and O–H groups in total. The molecule has 0 fully saturated rings. The lowest BCUT2D eigenvalue weighted by molar-refractivity contribution is 0.528. The molecule has 2 aliphatic carbocycles. The van der Waals surface area contributed by atoms with Crippen molar-refractivity contribution in [2.24, 2.45) is 5.41 Å². The van der Waals surface area contributed by atoms with Crippen molar-refractivity contribution in [2.45, 2.75) is 20.2 Å². The van der Waals surface area contributed by atoms with Crippen LogP contribution in [0.15, 0.2) is 90.6 Å². The summed E-state index contributed by atoms with van der Waals surface area (Å²) in [6, 6.07) is 17.7. The van der Waals surface area contributed by atoms with Gasteiger partial charge in [0.25, 0.3) is 0 Å². The molecule has 0 aromatic heterocycles. The van der Waals surface area contributed by atoms with Crippen molar-refractivity contribution in [2.75, 3.05) is 0 Å². The molecule has 5 rings (SSSR count). The summed E-state index contributed by atoms with van der Waals surface area (Å²) in [6.07, 6.45) is 14.8. The maximum atomic E-state index is 2.43. The number of allylic oxidation sites excluding steroid dienone is 8. The Morgan fingerprint density at radius 1 is 0.852 bits per heavy atom. The van der Waals surface area contributed by atoms with Crippen LogP contribution in [0.5, 0.6) is 0 Å². The van der Waals surface area contributed by atoms with Gasteiger partial charge in [-0.1, -0.05) is 104 Å². The van der Waals surface area contributed by atoms with Crippen LogP contribution in [0.4, 0.5) is 0 Å². The van der Waals surface area contributed by atoms with Crippen molar-refractivity contribution in [1.29, 1.82) is 0 Å². The van der Waals surface area contributed by atoms with Crippen LogP contribution in [0.1, 0.15) is 18.9 Å². The van der Waals surface area contributed by atoms with E-state index in [-0.39, 0.29) is 5.41 Å². The van der Waals surface area contributed by atoms with Crippen LogP contribution in [-0.2, 0) is 0 Å². The van der Waals surface area contributed by atoms with E-state index in [2.05, 4.69) is 106 Å². The second-order valence-electron chi connectivity index (χ2n) is 7.77. The molecule has 0 spiro atoms. The molecule has 0 saturated heterocycles. The quantitative estimate of drug-likeness (QED) is 0.382. The number of fused-ring (bicyclic) bond motifs is 3. The van der Waals surface area contributed by atoms with E-state index in [1.54, 1.807) is 0 Å². The first-order chi connectivity index (χ1) is 13.2. The summed E-state index contributed by atoms with van der Waals surface area (Å²) in [5.74, 6) is 0. The van der Waals surface area contributed by atoms with Gasteiger partial charge < -0.3 is 0 Å². The first-order valence-corrected chi connectivity index (χ1v) is 9.73. The molecule has 0 saturated carbocycles. The van der Waals surface area contributed by atoms with Gasteiger partial charge in [0.2, 0.25) is 0 Å². The van der Waals surface area contributed by atoms with Crippen molar-refractivity contribution in [3.8, 4) is 0 Å². The minimum absolute atomic E-state index is 0.126. The zero-order valence-electron chi connectivity index (χ0n) is 15.9. The van der Waals surface area contributed by atoms with Gasteiger partial charge in [-0.2, -0.15) is 0 Å². The highest BCUT2D eigenvalue weighted by molar-refractivity contribution is 6.60. The molecule has 1 unspecified atom stereocenters.